The number of benzene rings is 2. The second kappa shape index (κ2) is 10.6. The van der Waals surface area contributed by atoms with Gasteiger partial charge in [0.2, 0.25) is 5.91 Å². The lowest BCUT2D eigenvalue weighted by Gasteiger charge is -2.35. The first-order valence-corrected chi connectivity index (χ1v) is 11.9. The summed E-state index contributed by atoms with van der Waals surface area (Å²) < 4.78 is 11.3. The molecule has 8 heteroatoms. The summed E-state index contributed by atoms with van der Waals surface area (Å²) in [7, 11) is 0. The summed E-state index contributed by atoms with van der Waals surface area (Å²) in [6.07, 6.45) is 3.34. The van der Waals surface area contributed by atoms with E-state index >= 15 is 0 Å². The number of ether oxygens (including phenoxy) is 2. The Hall–Kier alpha value is -3.55. The van der Waals surface area contributed by atoms with Gasteiger partial charge in [-0.1, -0.05) is 19.1 Å². The molecule has 2 aliphatic heterocycles. The highest BCUT2D eigenvalue weighted by Crippen LogP contribution is 2.36. The van der Waals surface area contributed by atoms with E-state index in [-0.39, 0.29) is 30.9 Å². The van der Waals surface area contributed by atoms with E-state index in [0.717, 1.165) is 38.8 Å². The lowest BCUT2D eigenvalue weighted by Crippen LogP contribution is -2.50. The fourth-order valence-corrected chi connectivity index (χ4v) is 4.19. The molecule has 0 aromatic heterocycles. The Bertz CT molecular complexity index is 1050. The van der Waals surface area contributed by atoms with Gasteiger partial charge in [0.25, 0.3) is 11.8 Å². The van der Waals surface area contributed by atoms with Gasteiger partial charge in [-0.25, -0.2) is 0 Å². The Balaban J connectivity index is 1.43. The monoisotopic (exact) mass is 465 g/mol. The molecule has 1 saturated heterocycles. The van der Waals surface area contributed by atoms with Gasteiger partial charge < -0.3 is 19.7 Å². The van der Waals surface area contributed by atoms with Gasteiger partial charge in [-0.15, -0.1) is 0 Å². The van der Waals surface area contributed by atoms with Gasteiger partial charge in [-0.2, -0.15) is 0 Å². The topological polar surface area (TPSA) is 88.2 Å². The number of hydrogen-bond donors (Lipinski definition) is 1. The quantitative estimate of drug-likeness (QED) is 0.677. The summed E-state index contributed by atoms with van der Waals surface area (Å²) in [5.74, 6) is 0.439. The highest BCUT2D eigenvalue weighted by Gasteiger charge is 2.34. The first kappa shape index (κ1) is 23.6. The van der Waals surface area contributed by atoms with Crippen molar-refractivity contribution in [2.24, 2.45) is 0 Å². The van der Waals surface area contributed by atoms with Crippen molar-refractivity contribution in [2.45, 2.75) is 45.6 Å². The maximum Gasteiger partial charge on any atom is 0.268 e. The SMILES string of the molecule is CCc1ccc(OCC(=O)Nc2ccc3c(c2)N(CC(=O)N2CCCCC2)C(=O)C(C)O3)cc1. The summed E-state index contributed by atoms with van der Waals surface area (Å²) in [5, 5.41) is 2.80. The summed E-state index contributed by atoms with van der Waals surface area (Å²) >= 11 is 0. The van der Waals surface area contributed by atoms with Crippen molar-refractivity contribution in [1.29, 1.82) is 0 Å². The van der Waals surface area contributed by atoms with Crippen LogP contribution >= 0.6 is 0 Å². The third-order valence-corrected chi connectivity index (χ3v) is 6.15. The Labute approximate surface area is 199 Å². The molecule has 34 heavy (non-hydrogen) atoms. The lowest BCUT2D eigenvalue weighted by atomic mass is 10.1. The normalized spacial score (nSPS) is 17.6. The van der Waals surface area contributed by atoms with Gasteiger partial charge >= 0.3 is 0 Å². The minimum atomic E-state index is -0.686. The molecule has 180 valence electrons. The zero-order valence-electron chi connectivity index (χ0n) is 19.7. The first-order chi connectivity index (χ1) is 16.4. The number of aryl methyl sites for hydroxylation is 1. The standard InChI is InChI=1S/C26H31N3O5/c1-3-19-7-10-21(11-8-19)33-17-24(30)27-20-9-12-23-22(15-20)29(26(32)18(2)34-23)16-25(31)28-13-5-4-6-14-28/h7-12,15,18H,3-6,13-14,16-17H2,1-2H3,(H,27,30). The molecule has 1 unspecified atom stereocenters. The number of nitrogens with one attached hydrogen (secondary N) is 1. The summed E-state index contributed by atoms with van der Waals surface area (Å²) in [6, 6.07) is 12.7. The van der Waals surface area contributed by atoms with Crippen molar-refractivity contribution >= 4 is 29.1 Å². The minimum absolute atomic E-state index is 0.0478. The largest absolute Gasteiger partial charge is 0.484 e. The van der Waals surface area contributed by atoms with Gasteiger partial charge in [0.1, 0.15) is 18.0 Å². The molecular formula is C26H31N3O5. The van der Waals surface area contributed by atoms with Crippen LogP contribution in [0.5, 0.6) is 11.5 Å². The number of hydrogen-bond acceptors (Lipinski definition) is 5. The predicted molar refractivity (Wildman–Crippen MR) is 129 cm³/mol. The predicted octanol–water partition coefficient (Wildman–Crippen LogP) is 3.39. The van der Waals surface area contributed by atoms with Crippen LogP contribution in [0.3, 0.4) is 0 Å². The van der Waals surface area contributed by atoms with E-state index < -0.39 is 6.10 Å². The second-order valence-electron chi connectivity index (χ2n) is 8.64. The molecule has 8 nitrogen and oxygen atoms in total. The van der Waals surface area contributed by atoms with E-state index in [2.05, 4.69) is 12.2 Å². The number of anilines is 2. The van der Waals surface area contributed by atoms with Gasteiger partial charge in [0.15, 0.2) is 12.7 Å². The summed E-state index contributed by atoms with van der Waals surface area (Å²) in [4.78, 5) is 41.4. The first-order valence-electron chi connectivity index (χ1n) is 11.9. The van der Waals surface area contributed by atoms with Crippen molar-refractivity contribution < 1.29 is 23.9 Å². The van der Waals surface area contributed by atoms with E-state index in [1.54, 1.807) is 25.1 Å². The molecule has 1 N–H and O–H groups in total. The Morgan fingerprint density at radius 1 is 1.09 bits per heavy atom. The zero-order valence-corrected chi connectivity index (χ0v) is 19.7. The van der Waals surface area contributed by atoms with Crippen LogP contribution < -0.4 is 19.7 Å². The molecule has 3 amide bonds. The van der Waals surface area contributed by atoms with E-state index in [1.165, 1.54) is 10.5 Å². The molecular weight excluding hydrogens is 434 g/mol. The lowest BCUT2D eigenvalue weighted by molar-refractivity contribution is -0.133. The van der Waals surface area contributed by atoms with Crippen molar-refractivity contribution in [3.63, 3.8) is 0 Å². The maximum atomic E-state index is 12.9. The minimum Gasteiger partial charge on any atom is -0.484 e. The maximum absolute atomic E-state index is 12.9. The van der Waals surface area contributed by atoms with Gasteiger partial charge in [-0.05, 0) is 68.5 Å². The molecule has 0 radical (unpaired) electrons. The molecule has 0 bridgehead atoms. The van der Waals surface area contributed by atoms with Crippen LogP contribution in [0.2, 0.25) is 0 Å². The summed E-state index contributed by atoms with van der Waals surface area (Å²) in [6.45, 7) is 4.99. The van der Waals surface area contributed by atoms with Crippen LogP contribution in [0.1, 0.15) is 38.7 Å². The number of carbonyl (C=O) groups is 3. The third kappa shape index (κ3) is 5.50. The highest BCUT2D eigenvalue weighted by molar-refractivity contribution is 6.04. The zero-order chi connectivity index (χ0) is 24.1. The van der Waals surface area contributed by atoms with Crippen molar-refractivity contribution in [3.05, 3.63) is 48.0 Å². The van der Waals surface area contributed by atoms with Crippen LogP contribution in [-0.4, -0.2) is 55.0 Å². The summed E-state index contributed by atoms with van der Waals surface area (Å²) in [5.41, 5.74) is 2.16. The van der Waals surface area contributed by atoms with E-state index in [4.69, 9.17) is 9.47 Å². The van der Waals surface area contributed by atoms with Gasteiger partial charge in [0.05, 0.1) is 5.69 Å². The molecule has 2 aromatic carbocycles. The Kier molecular flexibility index (Phi) is 7.35. The van der Waals surface area contributed by atoms with Crippen molar-refractivity contribution in [1.82, 2.24) is 4.90 Å². The van der Waals surface area contributed by atoms with Crippen molar-refractivity contribution in [2.75, 3.05) is 36.5 Å². The molecule has 2 heterocycles. The van der Waals surface area contributed by atoms with Crippen LogP contribution in [0.4, 0.5) is 11.4 Å². The molecule has 0 spiro atoms. The Morgan fingerprint density at radius 2 is 1.82 bits per heavy atom. The number of amides is 3. The van der Waals surface area contributed by atoms with E-state index in [1.807, 2.05) is 29.2 Å². The van der Waals surface area contributed by atoms with Crippen molar-refractivity contribution in [3.8, 4) is 11.5 Å². The van der Waals surface area contributed by atoms with Gasteiger partial charge in [0, 0.05) is 18.8 Å². The number of piperidine rings is 1. The highest BCUT2D eigenvalue weighted by atomic mass is 16.5. The number of fused-ring (bicyclic) bond motifs is 1. The average molecular weight is 466 g/mol. The van der Waals surface area contributed by atoms with Crippen LogP contribution in [0, 0.1) is 0 Å². The third-order valence-electron chi connectivity index (χ3n) is 6.15. The number of likely N-dealkylation sites (tertiary alicyclic amines) is 1. The molecule has 1 fully saturated rings. The fraction of sp³-hybridized carbons (Fsp3) is 0.423. The smallest absolute Gasteiger partial charge is 0.268 e. The van der Waals surface area contributed by atoms with E-state index in [0.29, 0.717) is 22.9 Å². The van der Waals surface area contributed by atoms with Crippen LogP contribution in [0.15, 0.2) is 42.5 Å². The van der Waals surface area contributed by atoms with Crippen LogP contribution in [-0.2, 0) is 20.8 Å². The molecule has 0 aliphatic carbocycles. The molecule has 4 rings (SSSR count). The number of rotatable bonds is 7. The molecule has 2 aliphatic rings. The molecule has 1 atom stereocenters. The fourth-order valence-electron chi connectivity index (χ4n) is 4.19. The molecule has 2 aromatic rings. The Morgan fingerprint density at radius 3 is 2.53 bits per heavy atom. The average Bonchev–Trinajstić information content (AvgIpc) is 2.86. The second-order valence-corrected chi connectivity index (χ2v) is 8.64. The number of nitrogens with zero attached hydrogens (tertiary/aromatic N) is 2. The molecule has 0 saturated carbocycles. The van der Waals surface area contributed by atoms with Crippen LogP contribution in [0.25, 0.3) is 0 Å². The van der Waals surface area contributed by atoms with Gasteiger partial charge in [-0.3, -0.25) is 19.3 Å². The number of carbonyl (C=O) groups excluding carboxylic acids is 3. The van der Waals surface area contributed by atoms with E-state index in [9.17, 15) is 14.4 Å².